The molecule has 0 bridgehead atoms. The van der Waals surface area contributed by atoms with Crippen LogP contribution in [0.2, 0.25) is 0 Å². The first-order chi connectivity index (χ1) is 18.5. The lowest BCUT2D eigenvalue weighted by Gasteiger charge is -2.15. The number of rotatable bonds is 8. The van der Waals surface area contributed by atoms with Gasteiger partial charge in [-0.15, -0.1) is 0 Å². The molecular weight excluding hydrogens is 480 g/mol. The molecule has 0 saturated heterocycles. The smallest absolute Gasteiger partial charge is 0.332 e. The van der Waals surface area contributed by atoms with Crippen molar-refractivity contribution < 1.29 is 9.53 Å². The highest BCUT2D eigenvalue weighted by molar-refractivity contribution is 5.98. The number of anilines is 2. The molecule has 0 aliphatic heterocycles. The van der Waals surface area contributed by atoms with Crippen LogP contribution in [0, 0.1) is 6.92 Å². The molecule has 38 heavy (non-hydrogen) atoms. The first-order valence-corrected chi connectivity index (χ1v) is 12.2. The van der Waals surface area contributed by atoms with Crippen molar-refractivity contribution in [2.75, 3.05) is 24.3 Å². The van der Waals surface area contributed by atoms with Crippen LogP contribution >= 0.6 is 0 Å². The fraction of sp³-hybridized carbons (Fsp3) is 0.179. The fourth-order valence-corrected chi connectivity index (χ4v) is 4.43. The van der Waals surface area contributed by atoms with E-state index in [0.29, 0.717) is 17.1 Å². The van der Waals surface area contributed by atoms with Gasteiger partial charge in [-0.25, -0.2) is 9.78 Å². The van der Waals surface area contributed by atoms with Crippen LogP contribution in [-0.2, 0) is 16.6 Å². The molecule has 5 aromatic rings. The lowest BCUT2D eigenvalue weighted by Crippen LogP contribution is -2.08. The molecule has 0 fully saturated rings. The predicted octanol–water partition coefficient (Wildman–Crippen LogP) is 4.58. The van der Waals surface area contributed by atoms with Crippen molar-refractivity contribution in [3.05, 3.63) is 84.7 Å². The molecule has 4 aromatic heterocycles. The molecule has 0 aliphatic carbocycles. The van der Waals surface area contributed by atoms with E-state index < -0.39 is 5.97 Å². The van der Waals surface area contributed by atoms with Gasteiger partial charge in [0.15, 0.2) is 0 Å². The van der Waals surface area contributed by atoms with Crippen molar-refractivity contribution in [1.82, 2.24) is 29.3 Å². The number of aryl methyl sites for hydroxylation is 2. The van der Waals surface area contributed by atoms with Crippen LogP contribution in [0.15, 0.2) is 73.3 Å². The van der Waals surface area contributed by atoms with Crippen molar-refractivity contribution in [2.24, 2.45) is 7.05 Å². The minimum Gasteiger partial charge on any atom is -0.463 e. The zero-order chi connectivity index (χ0) is 26.6. The minimum absolute atomic E-state index is 0.277. The molecule has 0 saturated carbocycles. The summed E-state index contributed by atoms with van der Waals surface area (Å²) in [5.41, 5.74) is 6.38. The highest BCUT2D eigenvalue weighted by atomic mass is 16.5. The summed E-state index contributed by atoms with van der Waals surface area (Å²) in [5.74, 6) is 1.17. The third kappa shape index (κ3) is 4.71. The molecule has 4 heterocycles. The Kier molecular flexibility index (Phi) is 6.86. The van der Waals surface area contributed by atoms with E-state index in [9.17, 15) is 4.79 Å². The van der Waals surface area contributed by atoms with Crippen LogP contribution in [0.25, 0.3) is 33.7 Å². The summed E-state index contributed by atoms with van der Waals surface area (Å²) in [5, 5.41) is 11.3. The third-order valence-electron chi connectivity index (χ3n) is 6.09. The zero-order valence-electron chi connectivity index (χ0n) is 21.6. The summed E-state index contributed by atoms with van der Waals surface area (Å²) in [6.07, 6.45) is 8.44. The molecule has 0 amide bonds. The molecule has 0 atom stereocenters. The van der Waals surface area contributed by atoms with E-state index in [-0.39, 0.29) is 6.61 Å². The number of imidazole rings is 1. The summed E-state index contributed by atoms with van der Waals surface area (Å²) in [4.78, 5) is 25.6. The maximum absolute atomic E-state index is 12.6. The van der Waals surface area contributed by atoms with Crippen molar-refractivity contribution in [2.45, 2.75) is 13.8 Å². The molecule has 192 valence electrons. The Balaban J connectivity index is 1.57. The standard InChI is InChI=1S/C28H28N8O2/c1-5-38-25(37)15-22(33-27-26(20-7-6-13-30-16-20)34-35(4)28(27)29-3)19-8-10-21(11-9-19)36-18(2)32-23-17-31-14-12-24(23)36/h6-17,29,33H,5H2,1-4H3/b22-15+. The Morgan fingerprint density at radius 1 is 1.08 bits per heavy atom. The van der Waals surface area contributed by atoms with Crippen molar-refractivity contribution in [1.29, 1.82) is 0 Å². The van der Waals surface area contributed by atoms with Gasteiger partial charge in [-0.1, -0.05) is 12.1 Å². The third-order valence-corrected chi connectivity index (χ3v) is 6.09. The number of carbonyl (C=O) groups excluding carboxylic acids is 1. The maximum atomic E-state index is 12.6. The van der Waals surface area contributed by atoms with Gasteiger partial charge in [0.2, 0.25) is 0 Å². The monoisotopic (exact) mass is 508 g/mol. The number of esters is 1. The van der Waals surface area contributed by atoms with Gasteiger partial charge in [-0.3, -0.25) is 19.2 Å². The van der Waals surface area contributed by atoms with Gasteiger partial charge in [0.1, 0.15) is 28.5 Å². The fourth-order valence-electron chi connectivity index (χ4n) is 4.43. The van der Waals surface area contributed by atoms with Crippen LogP contribution in [0.1, 0.15) is 18.3 Å². The van der Waals surface area contributed by atoms with Crippen molar-refractivity contribution in [3.8, 4) is 16.9 Å². The number of nitrogens with zero attached hydrogens (tertiary/aromatic N) is 6. The molecule has 0 spiro atoms. The average molecular weight is 509 g/mol. The second-order valence-electron chi connectivity index (χ2n) is 8.53. The first kappa shape index (κ1) is 24.7. The predicted molar refractivity (Wildman–Crippen MR) is 148 cm³/mol. The number of aromatic nitrogens is 6. The Bertz CT molecular complexity index is 1620. The van der Waals surface area contributed by atoms with E-state index in [2.05, 4.69) is 30.2 Å². The number of hydrogen-bond acceptors (Lipinski definition) is 8. The van der Waals surface area contributed by atoms with Crippen LogP contribution < -0.4 is 10.6 Å². The number of carbonyl (C=O) groups is 1. The zero-order valence-corrected chi connectivity index (χ0v) is 21.6. The molecular formula is C28H28N8O2. The molecule has 0 radical (unpaired) electrons. The Hall–Kier alpha value is -4.99. The van der Waals surface area contributed by atoms with Gasteiger partial charge >= 0.3 is 5.97 Å². The maximum Gasteiger partial charge on any atom is 0.332 e. The molecule has 10 nitrogen and oxygen atoms in total. The number of ether oxygens (including phenoxy) is 1. The van der Waals surface area contributed by atoms with E-state index in [4.69, 9.17) is 9.84 Å². The molecule has 0 unspecified atom stereocenters. The van der Waals surface area contributed by atoms with Crippen molar-refractivity contribution in [3.63, 3.8) is 0 Å². The topological polar surface area (TPSA) is 112 Å². The normalized spacial score (nSPS) is 11.5. The van der Waals surface area contributed by atoms with E-state index in [1.807, 2.05) is 63.5 Å². The Morgan fingerprint density at radius 2 is 1.87 bits per heavy atom. The van der Waals surface area contributed by atoms with Gasteiger partial charge in [-0.05, 0) is 49.7 Å². The van der Waals surface area contributed by atoms with E-state index in [0.717, 1.165) is 39.5 Å². The van der Waals surface area contributed by atoms with Crippen LogP contribution in [0.3, 0.4) is 0 Å². The van der Waals surface area contributed by atoms with Gasteiger partial charge in [0.25, 0.3) is 0 Å². The second kappa shape index (κ2) is 10.6. The van der Waals surface area contributed by atoms with Crippen LogP contribution in [-0.4, -0.2) is 48.9 Å². The average Bonchev–Trinajstić information content (AvgIpc) is 3.44. The molecule has 5 rings (SSSR count). The largest absolute Gasteiger partial charge is 0.463 e. The van der Waals surface area contributed by atoms with Gasteiger partial charge in [0.05, 0.1) is 24.0 Å². The number of fused-ring (bicyclic) bond motifs is 1. The number of benzene rings is 1. The first-order valence-electron chi connectivity index (χ1n) is 12.2. The molecule has 2 N–H and O–H groups in total. The number of nitrogens with one attached hydrogen (secondary N) is 2. The quantitative estimate of drug-likeness (QED) is 0.231. The molecule has 1 aromatic carbocycles. The lowest BCUT2D eigenvalue weighted by molar-refractivity contribution is -0.137. The van der Waals surface area contributed by atoms with Gasteiger partial charge in [-0.2, -0.15) is 5.10 Å². The molecule has 10 heteroatoms. The van der Waals surface area contributed by atoms with E-state index in [1.54, 1.807) is 36.4 Å². The highest BCUT2D eigenvalue weighted by Gasteiger charge is 2.20. The Labute approximate surface area is 220 Å². The second-order valence-corrected chi connectivity index (χ2v) is 8.53. The molecule has 0 aliphatic rings. The summed E-state index contributed by atoms with van der Waals surface area (Å²) in [6, 6.07) is 13.6. The number of hydrogen-bond donors (Lipinski definition) is 2. The van der Waals surface area contributed by atoms with Gasteiger partial charge < -0.3 is 15.4 Å². The van der Waals surface area contributed by atoms with E-state index in [1.165, 1.54) is 6.08 Å². The van der Waals surface area contributed by atoms with Crippen molar-refractivity contribution >= 4 is 34.2 Å². The summed E-state index contributed by atoms with van der Waals surface area (Å²) in [6.45, 7) is 4.02. The van der Waals surface area contributed by atoms with Gasteiger partial charge in [0, 0.05) is 50.0 Å². The highest BCUT2D eigenvalue weighted by Crippen LogP contribution is 2.35. The Morgan fingerprint density at radius 3 is 2.58 bits per heavy atom. The van der Waals surface area contributed by atoms with E-state index >= 15 is 0 Å². The SMILES string of the molecule is CCOC(=O)/C=C(/Nc1c(-c2cccnc2)nn(C)c1NC)c1ccc(-n2c(C)nc3cnccc32)cc1. The summed E-state index contributed by atoms with van der Waals surface area (Å²) in [7, 11) is 3.68. The summed E-state index contributed by atoms with van der Waals surface area (Å²) >= 11 is 0. The lowest BCUT2D eigenvalue weighted by atomic mass is 10.1. The van der Waals surface area contributed by atoms with Crippen LogP contribution in [0.5, 0.6) is 0 Å². The van der Waals surface area contributed by atoms with Crippen LogP contribution in [0.4, 0.5) is 11.5 Å². The number of pyridine rings is 2. The minimum atomic E-state index is -0.444. The summed E-state index contributed by atoms with van der Waals surface area (Å²) < 4.78 is 9.06.